The van der Waals surface area contributed by atoms with E-state index in [1.807, 2.05) is 55.5 Å². The average Bonchev–Trinajstić information content (AvgIpc) is 2.88. The Morgan fingerprint density at radius 2 is 1.91 bits per heavy atom. The van der Waals surface area contributed by atoms with Crippen molar-refractivity contribution in [3.05, 3.63) is 64.9 Å². The number of hydrogen-bond donors (Lipinski definition) is 1. The van der Waals surface area contributed by atoms with Gasteiger partial charge in [0.25, 0.3) is 0 Å². The van der Waals surface area contributed by atoms with E-state index in [0.717, 1.165) is 27.4 Å². The van der Waals surface area contributed by atoms with Crippen molar-refractivity contribution >= 4 is 28.5 Å². The molecule has 0 aliphatic rings. The van der Waals surface area contributed by atoms with Crippen molar-refractivity contribution in [2.24, 2.45) is 0 Å². The smallest absolute Gasteiger partial charge is 0.217 e. The van der Waals surface area contributed by atoms with E-state index in [2.05, 4.69) is 9.88 Å². The third kappa shape index (κ3) is 3.22. The van der Waals surface area contributed by atoms with Crippen LogP contribution in [0, 0.1) is 0 Å². The van der Waals surface area contributed by atoms with Gasteiger partial charge in [0, 0.05) is 11.9 Å². The number of halogens is 1. The van der Waals surface area contributed by atoms with E-state index in [1.54, 1.807) is 0 Å². The number of para-hydroxylation sites is 2. The fourth-order valence-electron chi connectivity index (χ4n) is 2.76. The Morgan fingerprint density at radius 3 is 2.65 bits per heavy atom. The zero-order valence-corrected chi connectivity index (χ0v) is 13.8. The molecule has 0 aliphatic carbocycles. The quantitative estimate of drug-likeness (QED) is 0.789. The Bertz CT molecular complexity index is 856. The predicted molar refractivity (Wildman–Crippen MR) is 92.5 cm³/mol. The van der Waals surface area contributed by atoms with E-state index in [-0.39, 0.29) is 11.9 Å². The number of imidazole rings is 1. The minimum atomic E-state index is -0.178. The maximum absolute atomic E-state index is 11.4. The standard InChI is InChI=1S/C18H18ClN3O/c1-12(20-13(2)23)18-21-16-9-5-6-10-17(16)22(18)11-14-7-3-4-8-15(14)19/h3-10,12H,11H2,1-2H3,(H,20,23)/t12-/m1/s1. The van der Waals surface area contributed by atoms with Crippen LogP contribution < -0.4 is 5.32 Å². The lowest BCUT2D eigenvalue weighted by atomic mass is 10.2. The van der Waals surface area contributed by atoms with E-state index in [4.69, 9.17) is 16.6 Å². The van der Waals surface area contributed by atoms with Gasteiger partial charge in [-0.25, -0.2) is 4.98 Å². The molecule has 3 rings (SSSR count). The SMILES string of the molecule is CC(=O)N[C@H](C)c1nc2ccccc2n1Cc1ccccc1Cl. The molecule has 1 amide bonds. The van der Waals surface area contributed by atoms with Gasteiger partial charge in [-0.2, -0.15) is 0 Å². The summed E-state index contributed by atoms with van der Waals surface area (Å²) in [5.74, 6) is 0.746. The van der Waals surface area contributed by atoms with Gasteiger partial charge in [-0.15, -0.1) is 0 Å². The maximum atomic E-state index is 11.4. The van der Waals surface area contributed by atoms with E-state index < -0.39 is 0 Å². The number of nitrogens with zero attached hydrogens (tertiary/aromatic N) is 2. The van der Waals surface area contributed by atoms with Crippen LogP contribution in [0.1, 0.15) is 31.3 Å². The van der Waals surface area contributed by atoms with Crippen molar-refractivity contribution < 1.29 is 4.79 Å². The summed E-state index contributed by atoms with van der Waals surface area (Å²) in [6.45, 7) is 4.06. The summed E-state index contributed by atoms with van der Waals surface area (Å²) < 4.78 is 2.11. The van der Waals surface area contributed by atoms with Crippen molar-refractivity contribution in [2.75, 3.05) is 0 Å². The second-order valence-electron chi connectivity index (χ2n) is 5.56. The fourth-order valence-corrected chi connectivity index (χ4v) is 2.95. The summed E-state index contributed by atoms with van der Waals surface area (Å²) in [6, 6.07) is 15.5. The molecule has 23 heavy (non-hydrogen) atoms. The van der Waals surface area contributed by atoms with Gasteiger partial charge in [0.2, 0.25) is 5.91 Å². The number of rotatable bonds is 4. The Kier molecular flexibility index (Phi) is 4.35. The summed E-state index contributed by atoms with van der Waals surface area (Å²) in [5, 5.41) is 3.63. The van der Waals surface area contributed by atoms with Crippen molar-refractivity contribution in [3.63, 3.8) is 0 Å². The third-order valence-corrected chi connectivity index (χ3v) is 4.15. The zero-order chi connectivity index (χ0) is 16.4. The highest BCUT2D eigenvalue weighted by Crippen LogP contribution is 2.24. The van der Waals surface area contributed by atoms with Crippen LogP contribution in [0.5, 0.6) is 0 Å². The first-order valence-corrected chi connectivity index (χ1v) is 7.89. The molecule has 1 N–H and O–H groups in total. The number of carbonyl (C=O) groups excluding carboxylic acids is 1. The summed E-state index contributed by atoms with van der Waals surface area (Å²) in [5.41, 5.74) is 2.96. The molecule has 2 aromatic carbocycles. The van der Waals surface area contributed by atoms with Gasteiger partial charge in [0.15, 0.2) is 0 Å². The molecule has 4 nitrogen and oxygen atoms in total. The van der Waals surface area contributed by atoms with Crippen LogP contribution >= 0.6 is 11.6 Å². The number of benzene rings is 2. The molecule has 0 radical (unpaired) electrons. The van der Waals surface area contributed by atoms with Crippen LogP contribution in [0.2, 0.25) is 5.02 Å². The molecule has 3 aromatic rings. The van der Waals surface area contributed by atoms with Crippen molar-refractivity contribution in [1.82, 2.24) is 14.9 Å². The number of nitrogens with one attached hydrogen (secondary N) is 1. The number of carbonyl (C=O) groups is 1. The van der Waals surface area contributed by atoms with E-state index in [0.29, 0.717) is 6.54 Å². The van der Waals surface area contributed by atoms with E-state index in [9.17, 15) is 4.79 Å². The first-order chi connectivity index (χ1) is 11.1. The normalized spacial score (nSPS) is 12.3. The Morgan fingerprint density at radius 1 is 1.22 bits per heavy atom. The van der Waals surface area contributed by atoms with Gasteiger partial charge in [0.05, 0.1) is 23.6 Å². The minimum absolute atomic E-state index is 0.0751. The van der Waals surface area contributed by atoms with Crippen LogP contribution in [-0.4, -0.2) is 15.5 Å². The lowest BCUT2D eigenvalue weighted by Crippen LogP contribution is -2.26. The lowest BCUT2D eigenvalue weighted by molar-refractivity contribution is -0.119. The highest BCUT2D eigenvalue weighted by atomic mass is 35.5. The Balaban J connectivity index is 2.09. The summed E-state index contributed by atoms with van der Waals surface area (Å²) >= 11 is 6.31. The molecule has 0 bridgehead atoms. The van der Waals surface area contributed by atoms with Crippen LogP contribution in [0.4, 0.5) is 0 Å². The molecular weight excluding hydrogens is 310 g/mol. The zero-order valence-electron chi connectivity index (χ0n) is 13.1. The summed E-state index contributed by atoms with van der Waals surface area (Å²) in [4.78, 5) is 16.1. The van der Waals surface area contributed by atoms with Crippen LogP contribution in [-0.2, 0) is 11.3 Å². The average molecular weight is 328 g/mol. The summed E-state index contributed by atoms with van der Waals surface area (Å²) in [6.07, 6.45) is 0. The molecule has 0 saturated heterocycles. The number of fused-ring (bicyclic) bond motifs is 1. The van der Waals surface area contributed by atoms with Gasteiger partial charge < -0.3 is 9.88 Å². The van der Waals surface area contributed by atoms with E-state index in [1.165, 1.54) is 6.92 Å². The molecule has 0 spiro atoms. The van der Waals surface area contributed by atoms with Gasteiger partial charge in [-0.1, -0.05) is 41.9 Å². The molecular formula is C18H18ClN3O. The fraction of sp³-hybridized carbons (Fsp3) is 0.222. The molecule has 0 aliphatic heterocycles. The highest BCUT2D eigenvalue weighted by molar-refractivity contribution is 6.31. The number of aromatic nitrogens is 2. The largest absolute Gasteiger partial charge is 0.347 e. The van der Waals surface area contributed by atoms with Crippen LogP contribution in [0.15, 0.2) is 48.5 Å². The van der Waals surface area contributed by atoms with Gasteiger partial charge in [-0.3, -0.25) is 4.79 Å². The number of amides is 1. The molecule has 1 heterocycles. The first kappa shape index (κ1) is 15.6. The molecule has 118 valence electrons. The molecule has 1 atom stereocenters. The predicted octanol–water partition coefficient (Wildman–Crippen LogP) is 3.94. The first-order valence-electron chi connectivity index (χ1n) is 7.52. The monoisotopic (exact) mass is 327 g/mol. The van der Waals surface area contributed by atoms with Crippen LogP contribution in [0.25, 0.3) is 11.0 Å². The lowest BCUT2D eigenvalue weighted by Gasteiger charge is -2.16. The second kappa shape index (κ2) is 6.42. The molecule has 0 fully saturated rings. The van der Waals surface area contributed by atoms with Crippen molar-refractivity contribution in [2.45, 2.75) is 26.4 Å². The molecule has 1 aromatic heterocycles. The molecule has 5 heteroatoms. The highest BCUT2D eigenvalue weighted by Gasteiger charge is 2.18. The topological polar surface area (TPSA) is 46.9 Å². The second-order valence-corrected chi connectivity index (χ2v) is 5.97. The third-order valence-electron chi connectivity index (χ3n) is 3.78. The van der Waals surface area contributed by atoms with Gasteiger partial charge in [-0.05, 0) is 30.7 Å². The summed E-state index contributed by atoms with van der Waals surface area (Å²) in [7, 11) is 0. The molecule has 0 saturated carbocycles. The van der Waals surface area contributed by atoms with Crippen molar-refractivity contribution in [3.8, 4) is 0 Å². The molecule has 0 unspecified atom stereocenters. The van der Waals surface area contributed by atoms with Crippen LogP contribution in [0.3, 0.4) is 0 Å². The number of hydrogen-bond acceptors (Lipinski definition) is 2. The Labute approximate surface area is 140 Å². The Hall–Kier alpha value is -2.33. The van der Waals surface area contributed by atoms with Crippen molar-refractivity contribution in [1.29, 1.82) is 0 Å². The maximum Gasteiger partial charge on any atom is 0.217 e. The van der Waals surface area contributed by atoms with E-state index >= 15 is 0 Å². The van der Waals surface area contributed by atoms with Gasteiger partial charge >= 0.3 is 0 Å². The van der Waals surface area contributed by atoms with Gasteiger partial charge in [0.1, 0.15) is 5.82 Å². The minimum Gasteiger partial charge on any atom is -0.347 e.